The van der Waals surface area contributed by atoms with Crippen molar-refractivity contribution < 1.29 is 0 Å². The van der Waals surface area contributed by atoms with Crippen molar-refractivity contribution in [3.8, 4) is 11.1 Å². The quantitative estimate of drug-likeness (QED) is 0.593. The van der Waals surface area contributed by atoms with Crippen LogP contribution in [0.1, 0.15) is 43.4 Å². The molecule has 0 radical (unpaired) electrons. The Morgan fingerprint density at radius 1 is 0.833 bits per heavy atom. The number of hydrogen-bond donors (Lipinski definition) is 0. The van der Waals surface area contributed by atoms with Crippen LogP contribution in [-0.2, 0) is 0 Å². The minimum Gasteiger partial charge on any atom is -0.0619 e. The molecule has 1 atom stereocenters. The largest absolute Gasteiger partial charge is 0.0619 e. The van der Waals surface area contributed by atoms with Crippen molar-refractivity contribution in [1.29, 1.82) is 0 Å². The molecule has 0 heteroatoms. The number of benzene rings is 2. The average Bonchev–Trinajstić information content (AvgIpc) is 2.65. The van der Waals surface area contributed by atoms with Crippen LogP contribution in [0.5, 0.6) is 0 Å². The first-order valence-corrected chi connectivity index (χ1v) is 6.69. The SMILES string of the molecule is Cc1cccc2c1C(C(C)(C)C)c1ccccc1-2. The predicted molar refractivity (Wildman–Crippen MR) is 77.9 cm³/mol. The number of hydrogen-bond acceptors (Lipinski definition) is 0. The van der Waals surface area contributed by atoms with E-state index in [1.807, 2.05) is 0 Å². The van der Waals surface area contributed by atoms with Gasteiger partial charge in [-0.05, 0) is 40.2 Å². The summed E-state index contributed by atoms with van der Waals surface area (Å²) in [6, 6.07) is 15.6. The monoisotopic (exact) mass is 236 g/mol. The fourth-order valence-corrected chi connectivity index (χ4v) is 3.35. The molecular weight excluding hydrogens is 216 g/mol. The van der Waals surface area contributed by atoms with Crippen LogP contribution in [0, 0.1) is 12.3 Å². The molecule has 0 nitrogen and oxygen atoms in total. The van der Waals surface area contributed by atoms with Gasteiger partial charge in [0, 0.05) is 5.92 Å². The molecule has 2 aromatic rings. The lowest BCUT2D eigenvalue weighted by molar-refractivity contribution is 0.362. The highest BCUT2D eigenvalue weighted by atomic mass is 14.4. The van der Waals surface area contributed by atoms with Gasteiger partial charge in [-0.2, -0.15) is 0 Å². The molecule has 3 rings (SSSR count). The molecule has 0 N–H and O–H groups in total. The number of rotatable bonds is 0. The topological polar surface area (TPSA) is 0 Å². The van der Waals surface area contributed by atoms with Crippen molar-refractivity contribution in [3.05, 3.63) is 59.2 Å². The van der Waals surface area contributed by atoms with Gasteiger partial charge in [0.05, 0.1) is 0 Å². The van der Waals surface area contributed by atoms with Gasteiger partial charge in [0.2, 0.25) is 0 Å². The predicted octanol–water partition coefficient (Wildman–Crippen LogP) is 5.15. The Kier molecular flexibility index (Phi) is 2.38. The maximum absolute atomic E-state index is 2.34. The van der Waals surface area contributed by atoms with Crippen LogP contribution in [0.4, 0.5) is 0 Å². The zero-order valence-corrected chi connectivity index (χ0v) is 11.6. The molecule has 0 saturated heterocycles. The molecule has 1 aliphatic rings. The van der Waals surface area contributed by atoms with Crippen molar-refractivity contribution in [2.24, 2.45) is 5.41 Å². The summed E-state index contributed by atoms with van der Waals surface area (Å²) >= 11 is 0. The van der Waals surface area contributed by atoms with E-state index in [0.717, 1.165) is 0 Å². The minimum absolute atomic E-state index is 0.257. The summed E-state index contributed by atoms with van der Waals surface area (Å²) in [6.07, 6.45) is 0. The highest BCUT2D eigenvalue weighted by molar-refractivity contribution is 5.80. The Labute approximate surface area is 110 Å². The van der Waals surface area contributed by atoms with E-state index in [2.05, 4.69) is 70.2 Å². The summed E-state index contributed by atoms with van der Waals surface area (Å²) in [6.45, 7) is 9.27. The van der Waals surface area contributed by atoms with E-state index in [-0.39, 0.29) is 5.41 Å². The summed E-state index contributed by atoms with van der Waals surface area (Å²) in [5.41, 5.74) is 7.57. The molecule has 92 valence electrons. The van der Waals surface area contributed by atoms with Crippen molar-refractivity contribution in [1.82, 2.24) is 0 Å². The number of fused-ring (bicyclic) bond motifs is 3. The van der Waals surface area contributed by atoms with Gasteiger partial charge in [0.25, 0.3) is 0 Å². The van der Waals surface area contributed by atoms with E-state index < -0.39 is 0 Å². The van der Waals surface area contributed by atoms with Gasteiger partial charge in [-0.15, -0.1) is 0 Å². The molecule has 0 amide bonds. The van der Waals surface area contributed by atoms with E-state index in [9.17, 15) is 0 Å². The molecule has 2 aromatic carbocycles. The lowest BCUT2D eigenvalue weighted by Gasteiger charge is -2.30. The summed E-state index contributed by atoms with van der Waals surface area (Å²) in [7, 11) is 0. The Morgan fingerprint density at radius 3 is 2.22 bits per heavy atom. The minimum atomic E-state index is 0.257. The molecule has 0 fully saturated rings. The molecule has 0 saturated carbocycles. The van der Waals surface area contributed by atoms with Crippen LogP contribution in [0.15, 0.2) is 42.5 Å². The maximum Gasteiger partial charge on any atom is 0.0153 e. The van der Waals surface area contributed by atoms with E-state index in [1.165, 1.54) is 27.8 Å². The van der Waals surface area contributed by atoms with Gasteiger partial charge in [0.1, 0.15) is 0 Å². The smallest absolute Gasteiger partial charge is 0.0153 e. The Balaban J connectivity index is 2.36. The van der Waals surface area contributed by atoms with E-state index in [1.54, 1.807) is 0 Å². The van der Waals surface area contributed by atoms with Gasteiger partial charge >= 0.3 is 0 Å². The van der Waals surface area contributed by atoms with Gasteiger partial charge in [0.15, 0.2) is 0 Å². The molecule has 18 heavy (non-hydrogen) atoms. The zero-order valence-electron chi connectivity index (χ0n) is 11.6. The summed E-state index contributed by atoms with van der Waals surface area (Å²) < 4.78 is 0. The fraction of sp³-hybridized carbons (Fsp3) is 0.333. The van der Waals surface area contributed by atoms with E-state index >= 15 is 0 Å². The van der Waals surface area contributed by atoms with Crippen molar-refractivity contribution in [2.75, 3.05) is 0 Å². The average molecular weight is 236 g/mol. The van der Waals surface area contributed by atoms with Crippen LogP contribution in [0.2, 0.25) is 0 Å². The molecule has 0 spiro atoms. The van der Waals surface area contributed by atoms with Gasteiger partial charge in [-0.1, -0.05) is 63.2 Å². The molecule has 1 unspecified atom stereocenters. The molecule has 0 aromatic heterocycles. The van der Waals surface area contributed by atoms with Crippen molar-refractivity contribution >= 4 is 0 Å². The fourth-order valence-electron chi connectivity index (χ4n) is 3.35. The second-order valence-electron chi connectivity index (χ2n) is 6.42. The van der Waals surface area contributed by atoms with E-state index in [4.69, 9.17) is 0 Å². The first-order chi connectivity index (χ1) is 8.50. The third-order valence-electron chi connectivity index (χ3n) is 4.04. The second-order valence-corrected chi connectivity index (χ2v) is 6.42. The van der Waals surface area contributed by atoms with Gasteiger partial charge < -0.3 is 0 Å². The molecule has 0 aliphatic heterocycles. The number of aryl methyl sites for hydroxylation is 1. The third kappa shape index (κ3) is 1.52. The molecule has 1 aliphatic carbocycles. The van der Waals surface area contributed by atoms with Crippen LogP contribution in [-0.4, -0.2) is 0 Å². The lowest BCUT2D eigenvalue weighted by atomic mass is 9.74. The Morgan fingerprint density at radius 2 is 1.50 bits per heavy atom. The van der Waals surface area contributed by atoms with Crippen LogP contribution in [0.3, 0.4) is 0 Å². The second kappa shape index (κ2) is 3.71. The summed E-state index contributed by atoms with van der Waals surface area (Å²) in [5.74, 6) is 0.518. The maximum atomic E-state index is 2.34. The van der Waals surface area contributed by atoms with Gasteiger partial charge in [-0.3, -0.25) is 0 Å². The van der Waals surface area contributed by atoms with Crippen LogP contribution < -0.4 is 0 Å². The highest BCUT2D eigenvalue weighted by Crippen LogP contribution is 2.53. The highest BCUT2D eigenvalue weighted by Gasteiger charge is 2.37. The third-order valence-corrected chi connectivity index (χ3v) is 4.04. The van der Waals surface area contributed by atoms with Gasteiger partial charge in [-0.25, -0.2) is 0 Å². The van der Waals surface area contributed by atoms with Crippen LogP contribution in [0.25, 0.3) is 11.1 Å². The summed E-state index contributed by atoms with van der Waals surface area (Å²) in [5, 5.41) is 0. The lowest BCUT2D eigenvalue weighted by Crippen LogP contribution is -2.18. The Hall–Kier alpha value is -1.56. The first kappa shape index (κ1) is 11.5. The normalized spacial score (nSPS) is 17.4. The summed E-state index contributed by atoms with van der Waals surface area (Å²) in [4.78, 5) is 0. The zero-order chi connectivity index (χ0) is 12.9. The molecule has 0 bridgehead atoms. The standard InChI is InChI=1S/C18H20/c1-12-8-7-11-14-13-9-5-6-10-15(13)17(16(12)14)18(2,3)4/h5-11,17H,1-4H3. The Bertz CT molecular complexity index is 600. The van der Waals surface area contributed by atoms with Crippen molar-refractivity contribution in [3.63, 3.8) is 0 Å². The van der Waals surface area contributed by atoms with E-state index in [0.29, 0.717) is 5.92 Å². The molecule has 0 heterocycles. The van der Waals surface area contributed by atoms with Crippen molar-refractivity contribution in [2.45, 2.75) is 33.6 Å². The van der Waals surface area contributed by atoms with Crippen LogP contribution >= 0.6 is 0 Å². The molecular formula is C18H20. The first-order valence-electron chi connectivity index (χ1n) is 6.69.